The van der Waals surface area contributed by atoms with Crippen molar-refractivity contribution in [1.82, 2.24) is 0 Å². The molecule has 0 saturated heterocycles. The fourth-order valence-corrected chi connectivity index (χ4v) is 3.64. The van der Waals surface area contributed by atoms with Gasteiger partial charge in [0.15, 0.2) is 5.78 Å². The van der Waals surface area contributed by atoms with Crippen LogP contribution in [0, 0.1) is 10.1 Å². The van der Waals surface area contributed by atoms with Crippen LogP contribution in [0.1, 0.15) is 59.5 Å². The molecular weight excluding hydrogens is 340 g/mol. The predicted molar refractivity (Wildman–Crippen MR) is 108 cm³/mol. The Kier molecular flexibility index (Phi) is 6.01. The van der Waals surface area contributed by atoms with E-state index in [-0.39, 0.29) is 11.5 Å². The summed E-state index contributed by atoms with van der Waals surface area (Å²) in [6.45, 7) is 0. The van der Waals surface area contributed by atoms with Crippen LogP contribution < -0.4 is 5.32 Å². The van der Waals surface area contributed by atoms with Gasteiger partial charge in [-0.25, -0.2) is 0 Å². The SMILES string of the molecule is CNc1ccc(C=CC(=O)c2ccc(C3CCCCC3)cc2)cc1[N+](=O)[O-]. The number of hydrogen-bond acceptors (Lipinski definition) is 4. The maximum absolute atomic E-state index is 12.4. The van der Waals surface area contributed by atoms with Crippen LogP contribution in [0.4, 0.5) is 11.4 Å². The third-order valence-electron chi connectivity index (χ3n) is 5.19. The van der Waals surface area contributed by atoms with Gasteiger partial charge in [-0.3, -0.25) is 14.9 Å². The van der Waals surface area contributed by atoms with E-state index in [0.717, 1.165) is 0 Å². The molecule has 2 aromatic rings. The van der Waals surface area contributed by atoms with Crippen LogP contribution in [0.3, 0.4) is 0 Å². The van der Waals surface area contributed by atoms with Gasteiger partial charge in [0, 0.05) is 18.7 Å². The molecule has 0 amide bonds. The van der Waals surface area contributed by atoms with Crippen molar-refractivity contribution in [3.05, 3.63) is 75.3 Å². The molecule has 1 N–H and O–H groups in total. The highest BCUT2D eigenvalue weighted by molar-refractivity contribution is 6.06. The second-order valence-corrected chi connectivity index (χ2v) is 6.94. The van der Waals surface area contributed by atoms with Crippen LogP contribution in [-0.2, 0) is 0 Å². The Morgan fingerprint density at radius 2 is 1.81 bits per heavy atom. The molecule has 1 saturated carbocycles. The van der Waals surface area contributed by atoms with E-state index in [4.69, 9.17) is 0 Å². The number of nitro benzene ring substituents is 1. The lowest BCUT2D eigenvalue weighted by atomic mass is 9.84. The number of benzene rings is 2. The average molecular weight is 364 g/mol. The van der Waals surface area contributed by atoms with Crippen LogP contribution in [-0.4, -0.2) is 17.8 Å². The minimum atomic E-state index is -0.436. The minimum absolute atomic E-state index is 0.0102. The first kappa shape index (κ1) is 18.8. The monoisotopic (exact) mass is 364 g/mol. The first-order valence-electron chi connectivity index (χ1n) is 9.37. The minimum Gasteiger partial charge on any atom is -0.383 e. The maximum Gasteiger partial charge on any atom is 0.292 e. The third kappa shape index (κ3) is 4.61. The fraction of sp³-hybridized carbons (Fsp3) is 0.318. The van der Waals surface area contributed by atoms with E-state index in [1.807, 2.05) is 12.1 Å². The van der Waals surface area contributed by atoms with Crippen molar-refractivity contribution in [3.63, 3.8) is 0 Å². The Balaban J connectivity index is 1.71. The lowest BCUT2D eigenvalue weighted by Crippen LogP contribution is -2.05. The smallest absolute Gasteiger partial charge is 0.292 e. The number of hydrogen-bond donors (Lipinski definition) is 1. The highest BCUT2D eigenvalue weighted by Gasteiger charge is 2.16. The van der Waals surface area contributed by atoms with Gasteiger partial charge in [-0.1, -0.05) is 55.7 Å². The summed E-state index contributed by atoms with van der Waals surface area (Å²) in [5.74, 6) is 0.509. The molecule has 5 nitrogen and oxygen atoms in total. The number of anilines is 1. The van der Waals surface area contributed by atoms with Crippen LogP contribution in [0.2, 0.25) is 0 Å². The summed E-state index contributed by atoms with van der Waals surface area (Å²) < 4.78 is 0. The van der Waals surface area contributed by atoms with Gasteiger partial charge in [-0.2, -0.15) is 0 Å². The van der Waals surface area contributed by atoms with Crippen LogP contribution in [0.25, 0.3) is 6.08 Å². The number of allylic oxidation sites excluding steroid dienone is 1. The summed E-state index contributed by atoms with van der Waals surface area (Å²) >= 11 is 0. The Bertz CT molecular complexity index is 850. The highest BCUT2D eigenvalue weighted by Crippen LogP contribution is 2.32. The quantitative estimate of drug-likeness (QED) is 0.314. The number of nitrogens with zero attached hydrogens (tertiary/aromatic N) is 1. The Hall–Kier alpha value is -2.95. The fourth-order valence-electron chi connectivity index (χ4n) is 3.64. The zero-order valence-electron chi connectivity index (χ0n) is 15.5. The first-order chi connectivity index (χ1) is 13.1. The van der Waals surface area contributed by atoms with E-state index in [0.29, 0.717) is 22.7 Å². The van der Waals surface area contributed by atoms with E-state index >= 15 is 0 Å². The molecule has 0 aliphatic heterocycles. The van der Waals surface area contributed by atoms with E-state index in [1.54, 1.807) is 25.3 Å². The third-order valence-corrected chi connectivity index (χ3v) is 5.19. The Labute approximate surface area is 159 Å². The van der Waals surface area contributed by atoms with Gasteiger partial charge in [-0.05, 0) is 42.0 Å². The standard InChI is InChI=1S/C22H24N2O3/c1-23-20-13-7-16(15-21(20)24(26)27)8-14-22(25)19-11-9-18(10-12-19)17-5-3-2-4-6-17/h7-15,17,23H,2-6H2,1H3. The van der Waals surface area contributed by atoms with E-state index in [2.05, 4.69) is 17.4 Å². The predicted octanol–water partition coefficient (Wildman–Crippen LogP) is 5.58. The molecule has 1 fully saturated rings. The summed E-state index contributed by atoms with van der Waals surface area (Å²) in [6.07, 6.45) is 9.44. The van der Waals surface area contributed by atoms with Gasteiger partial charge in [0.05, 0.1) is 4.92 Å². The van der Waals surface area contributed by atoms with Gasteiger partial charge in [0.2, 0.25) is 0 Å². The van der Waals surface area contributed by atoms with Gasteiger partial charge in [0.1, 0.15) is 5.69 Å². The molecule has 0 bridgehead atoms. The summed E-state index contributed by atoms with van der Waals surface area (Å²) in [4.78, 5) is 23.1. The molecule has 27 heavy (non-hydrogen) atoms. The summed E-state index contributed by atoms with van der Waals surface area (Å²) in [5, 5.41) is 13.9. The van der Waals surface area contributed by atoms with E-state index < -0.39 is 4.92 Å². The van der Waals surface area contributed by atoms with Crippen molar-refractivity contribution in [2.24, 2.45) is 0 Å². The van der Waals surface area contributed by atoms with Crippen molar-refractivity contribution in [2.75, 3.05) is 12.4 Å². The van der Waals surface area contributed by atoms with Crippen molar-refractivity contribution in [3.8, 4) is 0 Å². The number of rotatable bonds is 6. The molecular formula is C22H24N2O3. The van der Waals surface area contributed by atoms with Crippen molar-refractivity contribution in [2.45, 2.75) is 38.0 Å². The number of nitro groups is 1. The molecule has 5 heteroatoms. The zero-order valence-corrected chi connectivity index (χ0v) is 15.5. The molecule has 2 aromatic carbocycles. The molecule has 0 spiro atoms. The van der Waals surface area contributed by atoms with Crippen LogP contribution in [0.5, 0.6) is 0 Å². The summed E-state index contributed by atoms with van der Waals surface area (Å²) in [5.41, 5.74) is 3.00. The maximum atomic E-state index is 12.4. The molecule has 140 valence electrons. The molecule has 3 rings (SSSR count). The largest absolute Gasteiger partial charge is 0.383 e. The van der Waals surface area contributed by atoms with Crippen molar-refractivity contribution >= 4 is 23.2 Å². The van der Waals surface area contributed by atoms with Crippen LogP contribution in [0.15, 0.2) is 48.5 Å². The molecule has 1 aliphatic rings. The Morgan fingerprint density at radius 3 is 2.44 bits per heavy atom. The first-order valence-corrected chi connectivity index (χ1v) is 9.37. The molecule has 0 aromatic heterocycles. The molecule has 0 radical (unpaired) electrons. The average Bonchev–Trinajstić information content (AvgIpc) is 2.72. The lowest BCUT2D eigenvalue weighted by Gasteiger charge is -2.21. The van der Waals surface area contributed by atoms with Gasteiger partial charge < -0.3 is 5.32 Å². The van der Waals surface area contributed by atoms with E-state index in [9.17, 15) is 14.9 Å². The molecule has 0 heterocycles. The van der Waals surface area contributed by atoms with Crippen molar-refractivity contribution in [1.29, 1.82) is 0 Å². The van der Waals surface area contributed by atoms with Crippen LogP contribution >= 0.6 is 0 Å². The van der Waals surface area contributed by atoms with E-state index in [1.165, 1.54) is 49.8 Å². The summed E-state index contributed by atoms with van der Waals surface area (Å²) in [7, 11) is 1.64. The van der Waals surface area contributed by atoms with Gasteiger partial charge >= 0.3 is 0 Å². The molecule has 1 aliphatic carbocycles. The Morgan fingerprint density at radius 1 is 1.11 bits per heavy atom. The highest BCUT2D eigenvalue weighted by atomic mass is 16.6. The number of carbonyl (C=O) groups is 1. The second-order valence-electron chi connectivity index (χ2n) is 6.94. The molecule has 0 atom stereocenters. The number of ketones is 1. The topological polar surface area (TPSA) is 72.2 Å². The zero-order chi connectivity index (χ0) is 19.2. The second kappa shape index (κ2) is 8.62. The van der Waals surface area contributed by atoms with Crippen molar-refractivity contribution < 1.29 is 9.72 Å². The lowest BCUT2D eigenvalue weighted by molar-refractivity contribution is -0.383. The van der Waals surface area contributed by atoms with Gasteiger partial charge in [0.25, 0.3) is 5.69 Å². The number of nitrogens with one attached hydrogen (secondary N) is 1. The molecule has 0 unspecified atom stereocenters. The number of carbonyl (C=O) groups excluding carboxylic acids is 1. The summed E-state index contributed by atoms with van der Waals surface area (Å²) in [6, 6.07) is 12.7. The normalized spacial score (nSPS) is 15.0. The van der Waals surface area contributed by atoms with Gasteiger partial charge in [-0.15, -0.1) is 0 Å².